The first-order valence-corrected chi connectivity index (χ1v) is 8.05. The molecule has 0 unspecified atom stereocenters. The van der Waals surface area contributed by atoms with Crippen LogP contribution in [0.3, 0.4) is 0 Å². The van der Waals surface area contributed by atoms with E-state index in [1.807, 2.05) is 0 Å². The first-order chi connectivity index (χ1) is 12.1. The number of ether oxygens (including phenoxy) is 2. The molecule has 0 aromatic heterocycles. The van der Waals surface area contributed by atoms with Crippen LogP contribution in [-0.4, -0.2) is 44.3 Å². The maximum Gasteiger partial charge on any atom is 0.414 e. The predicted molar refractivity (Wildman–Crippen MR) is 90.9 cm³/mol. The number of nitrogens with one attached hydrogen (secondary N) is 1. The Hall–Kier alpha value is -3.01. The molecule has 0 spiro atoms. The molecule has 0 radical (unpaired) electrons. The van der Waals surface area contributed by atoms with Gasteiger partial charge in [-0.05, 0) is 31.2 Å². The Morgan fingerprint density at radius 1 is 1.28 bits per heavy atom. The Morgan fingerprint density at radius 2 is 2.04 bits per heavy atom. The number of esters is 1. The lowest BCUT2D eigenvalue weighted by molar-refractivity contribution is -0.144. The van der Waals surface area contributed by atoms with Gasteiger partial charge in [-0.1, -0.05) is 11.8 Å². The molecule has 132 valence electrons. The van der Waals surface area contributed by atoms with Crippen LogP contribution in [0.2, 0.25) is 0 Å². The van der Waals surface area contributed by atoms with E-state index in [4.69, 9.17) is 9.47 Å². The van der Waals surface area contributed by atoms with Crippen molar-refractivity contribution in [1.29, 1.82) is 0 Å². The molecule has 0 aliphatic carbocycles. The number of amides is 2. The minimum Gasteiger partial charge on any atom is -0.466 e. The molecule has 7 heteroatoms. The van der Waals surface area contributed by atoms with Gasteiger partial charge in [0.25, 0.3) is 0 Å². The van der Waals surface area contributed by atoms with Crippen LogP contribution in [0.1, 0.15) is 25.3 Å². The van der Waals surface area contributed by atoms with E-state index in [2.05, 4.69) is 17.2 Å². The maximum atomic E-state index is 11.5. The third-order valence-electron chi connectivity index (χ3n) is 3.41. The molecule has 1 saturated heterocycles. The van der Waals surface area contributed by atoms with Crippen LogP contribution in [0.5, 0.6) is 0 Å². The van der Waals surface area contributed by atoms with Crippen molar-refractivity contribution in [3.63, 3.8) is 0 Å². The zero-order valence-electron chi connectivity index (χ0n) is 14.0. The van der Waals surface area contributed by atoms with E-state index in [0.29, 0.717) is 19.8 Å². The molecule has 2 rings (SSSR count). The van der Waals surface area contributed by atoms with Gasteiger partial charge in [0.15, 0.2) is 0 Å². The van der Waals surface area contributed by atoms with Gasteiger partial charge in [0.2, 0.25) is 5.91 Å². The molecule has 25 heavy (non-hydrogen) atoms. The fraction of sp³-hybridized carbons (Fsp3) is 0.389. The summed E-state index contributed by atoms with van der Waals surface area (Å²) in [6, 6.07) is 7.20. The summed E-state index contributed by atoms with van der Waals surface area (Å²) in [6.07, 6.45) is -0.196. The standard InChI is InChI=1S/C18H20N2O5/c1-2-24-17(22)10-9-16(21)19-11-3-4-14-5-7-15(8-6-14)20-12-13-25-18(20)23/h5-8H,2,9-13H2,1H3,(H,19,21). The Kier molecular flexibility index (Phi) is 6.84. The van der Waals surface area contributed by atoms with Gasteiger partial charge in [-0.25, -0.2) is 4.79 Å². The van der Waals surface area contributed by atoms with Crippen LogP contribution in [0.4, 0.5) is 10.5 Å². The van der Waals surface area contributed by atoms with E-state index in [-0.39, 0.29) is 37.4 Å². The number of anilines is 1. The molecule has 7 nitrogen and oxygen atoms in total. The second kappa shape index (κ2) is 9.33. The van der Waals surface area contributed by atoms with E-state index in [1.165, 1.54) is 0 Å². The zero-order chi connectivity index (χ0) is 18.1. The van der Waals surface area contributed by atoms with Crippen LogP contribution >= 0.6 is 0 Å². The lowest BCUT2D eigenvalue weighted by atomic mass is 10.2. The molecule has 0 bridgehead atoms. The third kappa shape index (κ3) is 5.84. The summed E-state index contributed by atoms with van der Waals surface area (Å²) in [5, 5.41) is 2.62. The second-order valence-corrected chi connectivity index (χ2v) is 5.20. The van der Waals surface area contributed by atoms with Crippen molar-refractivity contribution in [2.75, 3.05) is 31.2 Å². The number of carbonyl (C=O) groups is 3. The van der Waals surface area contributed by atoms with E-state index in [9.17, 15) is 14.4 Å². The van der Waals surface area contributed by atoms with Gasteiger partial charge in [0.1, 0.15) is 6.61 Å². The van der Waals surface area contributed by atoms with Crippen LogP contribution in [-0.2, 0) is 19.1 Å². The lowest BCUT2D eigenvalue weighted by Gasteiger charge is -2.11. The Bertz CT molecular complexity index is 688. The van der Waals surface area contributed by atoms with Crippen LogP contribution in [0.15, 0.2) is 24.3 Å². The normalized spacial score (nSPS) is 12.8. The molecule has 1 heterocycles. The molecular formula is C18H20N2O5. The first kappa shape index (κ1) is 18.3. The third-order valence-corrected chi connectivity index (χ3v) is 3.41. The summed E-state index contributed by atoms with van der Waals surface area (Å²) in [7, 11) is 0. The number of cyclic esters (lactones) is 1. The number of rotatable bonds is 6. The van der Waals surface area contributed by atoms with Crippen LogP contribution in [0.25, 0.3) is 0 Å². The molecule has 1 N–H and O–H groups in total. The topological polar surface area (TPSA) is 84.9 Å². The maximum absolute atomic E-state index is 11.5. The molecular weight excluding hydrogens is 324 g/mol. The van der Waals surface area contributed by atoms with Crippen LogP contribution in [0, 0.1) is 11.8 Å². The summed E-state index contributed by atoms with van der Waals surface area (Å²) >= 11 is 0. The summed E-state index contributed by atoms with van der Waals surface area (Å²) in [6.45, 7) is 3.17. The van der Waals surface area contributed by atoms with Gasteiger partial charge >= 0.3 is 12.1 Å². The average Bonchev–Trinajstić information content (AvgIpc) is 3.04. The Morgan fingerprint density at radius 3 is 2.68 bits per heavy atom. The predicted octanol–water partition coefficient (Wildman–Crippen LogP) is 1.45. The fourth-order valence-electron chi connectivity index (χ4n) is 2.18. The quantitative estimate of drug-likeness (QED) is 0.624. The van der Waals surface area contributed by atoms with E-state index < -0.39 is 0 Å². The summed E-state index contributed by atoms with van der Waals surface area (Å²) in [4.78, 5) is 35.7. The van der Waals surface area contributed by atoms with Crippen LogP contribution < -0.4 is 10.2 Å². The number of hydrogen-bond acceptors (Lipinski definition) is 5. The SMILES string of the molecule is CCOC(=O)CCC(=O)NCC#Cc1ccc(N2CCOC2=O)cc1. The minimum atomic E-state index is -0.384. The lowest BCUT2D eigenvalue weighted by Crippen LogP contribution is -2.24. The molecule has 1 aromatic rings. The van der Waals surface area contributed by atoms with Crippen molar-refractivity contribution in [1.82, 2.24) is 5.32 Å². The average molecular weight is 344 g/mol. The fourth-order valence-corrected chi connectivity index (χ4v) is 2.18. The van der Waals surface area contributed by atoms with Gasteiger partial charge in [-0.3, -0.25) is 14.5 Å². The van der Waals surface area contributed by atoms with Gasteiger partial charge in [-0.2, -0.15) is 0 Å². The number of carbonyl (C=O) groups excluding carboxylic acids is 3. The summed E-state index contributed by atoms with van der Waals surface area (Å²) < 4.78 is 9.64. The van der Waals surface area contributed by atoms with Gasteiger partial charge in [0, 0.05) is 17.7 Å². The highest BCUT2D eigenvalue weighted by Gasteiger charge is 2.23. The Balaban J connectivity index is 1.75. The van der Waals surface area contributed by atoms with Crippen molar-refractivity contribution in [3.05, 3.63) is 29.8 Å². The summed E-state index contributed by atoms with van der Waals surface area (Å²) in [5.74, 6) is 5.13. The largest absolute Gasteiger partial charge is 0.466 e. The highest BCUT2D eigenvalue weighted by atomic mass is 16.6. The van der Waals surface area contributed by atoms with Crippen molar-refractivity contribution in [3.8, 4) is 11.8 Å². The first-order valence-electron chi connectivity index (χ1n) is 8.05. The highest BCUT2D eigenvalue weighted by molar-refractivity contribution is 5.89. The van der Waals surface area contributed by atoms with Crippen molar-refractivity contribution < 1.29 is 23.9 Å². The number of hydrogen-bond donors (Lipinski definition) is 1. The molecule has 1 aromatic carbocycles. The van der Waals surface area contributed by atoms with Crippen molar-refractivity contribution in [2.24, 2.45) is 0 Å². The minimum absolute atomic E-state index is 0.0630. The van der Waals surface area contributed by atoms with E-state index in [0.717, 1.165) is 11.3 Å². The molecule has 0 atom stereocenters. The van der Waals surface area contributed by atoms with Gasteiger partial charge < -0.3 is 14.8 Å². The number of nitrogens with zero attached hydrogens (tertiary/aromatic N) is 1. The monoisotopic (exact) mass is 344 g/mol. The highest BCUT2D eigenvalue weighted by Crippen LogP contribution is 2.18. The van der Waals surface area contributed by atoms with Gasteiger partial charge in [0.05, 0.1) is 26.1 Å². The van der Waals surface area contributed by atoms with Crippen molar-refractivity contribution in [2.45, 2.75) is 19.8 Å². The summed E-state index contributed by atoms with van der Waals surface area (Å²) in [5.41, 5.74) is 1.54. The van der Waals surface area contributed by atoms with Gasteiger partial charge in [-0.15, -0.1) is 0 Å². The van der Waals surface area contributed by atoms with E-state index in [1.54, 1.807) is 36.1 Å². The number of benzene rings is 1. The smallest absolute Gasteiger partial charge is 0.414 e. The molecule has 0 saturated carbocycles. The van der Waals surface area contributed by atoms with Crippen molar-refractivity contribution >= 4 is 23.7 Å². The Labute approximate surface area is 146 Å². The molecule has 2 amide bonds. The zero-order valence-corrected chi connectivity index (χ0v) is 14.0. The second-order valence-electron chi connectivity index (χ2n) is 5.20. The van der Waals surface area contributed by atoms with E-state index >= 15 is 0 Å². The molecule has 1 aliphatic rings. The molecule has 1 fully saturated rings. The molecule has 1 aliphatic heterocycles.